The van der Waals surface area contributed by atoms with E-state index in [9.17, 15) is 0 Å². The molecule has 0 saturated heterocycles. The second-order valence-electron chi connectivity index (χ2n) is 22.9. The number of nitrogens with zero attached hydrogens (tertiary/aromatic N) is 2. The van der Waals surface area contributed by atoms with Crippen molar-refractivity contribution in [3.8, 4) is 55.6 Å². The van der Waals surface area contributed by atoms with Crippen LogP contribution < -0.4 is 9.80 Å². The Morgan fingerprint density at radius 3 is 0.933 bits per heavy atom. The molecule has 3 heteroatoms. The van der Waals surface area contributed by atoms with Gasteiger partial charge in [0.15, 0.2) is 0 Å². The Hall–Kier alpha value is -7.91. The zero-order chi connectivity index (χ0) is 52.5. The van der Waals surface area contributed by atoms with E-state index in [0.29, 0.717) is 5.02 Å². The van der Waals surface area contributed by atoms with Crippen LogP contribution in [0.1, 0.15) is 79.0 Å². The number of para-hydroxylation sites is 2. The summed E-state index contributed by atoms with van der Waals surface area (Å²) in [4.78, 5) is 4.97. The van der Waals surface area contributed by atoms with Gasteiger partial charge in [-0.15, -0.1) is 0 Å². The lowest BCUT2D eigenvalue weighted by molar-refractivity contribution is 0.569. The maximum Gasteiger partial charge on any atom is 0.0618 e. The van der Waals surface area contributed by atoms with Crippen LogP contribution in [0.3, 0.4) is 0 Å². The van der Waals surface area contributed by atoms with Gasteiger partial charge >= 0.3 is 0 Å². The highest BCUT2D eigenvalue weighted by atomic mass is 35.5. The minimum absolute atomic E-state index is 0.0446. The van der Waals surface area contributed by atoms with E-state index >= 15 is 0 Å². The van der Waals surface area contributed by atoms with Gasteiger partial charge in [-0.3, -0.25) is 0 Å². The SMILES string of the molecule is CC(C)(C)c1cc(N(c2cccc(Cl)c2)c2c(-c3ccccc3)cccc2-c2ccccc2)cc(N(c2cccc(-c3cc(C(C)(C)C)cc(C(C)(C)C)c3)c2)c2c(-c3ccccc3)cccc2-c2ccccc2)c1. The number of benzene rings is 10. The van der Waals surface area contributed by atoms with Crippen molar-refractivity contribution in [1.29, 1.82) is 0 Å². The fourth-order valence-electron chi connectivity index (χ4n) is 10.2. The van der Waals surface area contributed by atoms with E-state index in [2.05, 4.69) is 309 Å². The molecule has 0 aliphatic carbocycles. The van der Waals surface area contributed by atoms with Gasteiger partial charge in [0.1, 0.15) is 0 Å². The standard InChI is InChI=1S/C72H67ClN2/c1-70(2,3)56-42-55(43-57(45-56)71(4,5)6)54-34-22-36-60(44-54)74(68-64(50-26-14-10-15-27-50)38-24-39-65(68)51-28-16-11-17-29-51)62-46-58(72(7,8)9)47-63(49-62)75(61-37-23-35-59(73)48-61)69-66(52-30-18-12-19-31-52)40-25-41-67(69)53-32-20-13-21-33-53/h10-49H,1-9H3. The summed E-state index contributed by atoms with van der Waals surface area (Å²) in [5.74, 6) is 0. The second-order valence-corrected chi connectivity index (χ2v) is 23.3. The molecular weight excluding hydrogens is 928 g/mol. The van der Waals surface area contributed by atoms with E-state index in [4.69, 9.17) is 11.6 Å². The highest BCUT2D eigenvalue weighted by Gasteiger charge is 2.29. The average Bonchev–Trinajstić information content (AvgIpc) is 3.42. The summed E-state index contributed by atoms with van der Waals surface area (Å²) in [6.45, 7) is 20.9. The topological polar surface area (TPSA) is 6.48 Å². The molecule has 0 aliphatic heterocycles. The first-order chi connectivity index (χ1) is 36.0. The van der Waals surface area contributed by atoms with Gasteiger partial charge in [0, 0.05) is 50.0 Å². The molecule has 2 nitrogen and oxygen atoms in total. The molecule has 0 heterocycles. The predicted molar refractivity (Wildman–Crippen MR) is 324 cm³/mol. The molecule has 10 aromatic rings. The van der Waals surface area contributed by atoms with Crippen molar-refractivity contribution in [3.05, 3.63) is 264 Å². The number of hydrogen-bond acceptors (Lipinski definition) is 2. The van der Waals surface area contributed by atoms with Crippen molar-refractivity contribution in [2.24, 2.45) is 0 Å². The van der Waals surface area contributed by atoms with E-state index < -0.39 is 0 Å². The summed E-state index contributed by atoms with van der Waals surface area (Å²) in [5.41, 5.74) is 21.0. The van der Waals surface area contributed by atoms with E-state index in [1.807, 2.05) is 6.07 Å². The first-order valence-corrected chi connectivity index (χ1v) is 26.6. The van der Waals surface area contributed by atoms with Crippen molar-refractivity contribution in [2.75, 3.05) is 9.80 Å². The average molecular weight is 996 g/mol. The molecule has 0 saturated carbocycles. The highest BCUT2D eigenvalue weighted by Crippen LogP contribution is 2.52. The lowest BCUT2D eigenvalue weighted by Crippen LogP contribution is -2.19. The van der Waals surface area contributed by atoms with Crippen LogP contribution in [0.4, 0.5) is 34.1 Å². The number of rotatable bonds is 11. The summed E-state index contributed by atoms with van der Waals surface area (Å²) in [6.07, 6.45) is 0. The quantitative estimate of drug-likeness (QED) is 0.127. The van der Waals surface area contributed by atoms with Crippen LogP contribution in [0, 0.1) is 0 Å². The molecule has 0 unspecified atom stereocenters. The third-order valence-electron chi connectivity index (χ3n) is 14.3. The van der Waals surface area contributed by atoms with Crippen LogP contribution in [0.5, 0.6) is 0 Å². The molecule has 10 rings (SSSR count). The van der Waals surface area contributed by atoms with Gasteiger partial charge in [0.25, 0.3) is 0 Å². The molecule has 0 bridgehead atoms. The van der Waals surface area contributed by atoms with Crippen molar-refractivity contribution >= 4 is 45.7 Å². The van der Waals surface area contributed by atoms with Crippen LogP contribution in [-0.2, 0) is 16.2 Å². The smallest absolute Gasteiger partial charge is 0.0618 e. The van der Waals surface area contributed by atoms with Gasteiger partial charge in [-0.2, -0.15) is 0 Å². The van der Waals surface area contributed by atoms with Crippen molar-refractivity contribution in [3.63, 3.8) is 0 Å². The summed E-state index contributed by atoms with van der Waals surface area (Å²) in [7, 11) is 0. The Labute approximate surface area is 451 Å². The molecule has 0 fully saturated rings. The Morgan fingerprint density at radius 1 is 0.253 bits per heavy atom. The highest BCUT2D eigenvalue weighted by molar-refractivity contribution is 6.31. The van der Waals surface area contributed by atoms with Gasteiger partial charge in [-0.05, 0) is 115 Å². The fourth-order valence-corrected chi connectivity index (χ4v) is 10.4. The largest absolute Gasteiger partial charge is 0.309 e. The summed E-state index contributed by atoms with van der Waals surface area (Å²) in [5, 5.41) is 0.663. The maximum absolute atomic E-state index is 7.07. The second kappa shape index (κ2) is 20.8. The van der Waals surface area contributed by atoms with Gasteiger partial charge in [0.2, 0.25) is 0 Å². The summed E-state index contributed by atoms with van der Waals surface area (Å²) < 4.78 is 0. The van der Waals surface area contributed by atoms with Gasteiger partial charge in [-0.1, -0.05) is 268 Å². The molecule has 0 spiro atoms. The zero-order valence-corrected chi connectivity index (χ0v) is 45.6. The molecule has 372 valence electrons. The van der Waals surface area contributed by atoms with Crippen LogP contribution in [0.2, 0.25) is 5.02 Å². The van der Waals surface area contributed by atoms with E-state index in [1.165, 1.54) is 22.3 Å². The third kappa shape index (κ3) is 10.9. The lowest BCUT2D eigenvalue weighted by atomic mass is 9.79. The first kappa shape index (κ1) is 50.6. The van der Waals surface area contributed by atoms with E-state index in [-0.39, 0.29) is 16.2 Å². The Kier molecular flexibility index (Phi) is 14.0. The Morgan fingerprint density at radius 2 is 0.573 bits per heavy atom. The molecule has 0 amide bonds. The maximum atomic E-state index is 7.07. The Balaban J connectivity index is 1.33. The zero-order valence-electron chi connectivity index (χ0n) is 44.9. The monoisotopic (exact) mass is 994 g/mol. The summed E-state index contributed by atoms with van der Waals surface area (Å²) in [6, 6.07) is 88.6. The minimum atomic E-state index is -0.266. The summed E-state index contributed by atoms with van der Waals surface area (Å²) >= 11 is 7.07. The molecule has 0 N–H and O–H groups in total. The molecule has 0 radical (unpaired) electrons. The molecule has 0 aromatic heterocycles. The number of anilines is 6. The molecule has 0 atom stereocenters. The van der Waals surface area contributed by atoms with E-state index in [1.54, 1.807) is 0 Å². The lowest BCUT2D eigenvalue weighted by Gasteiger charge is -2.35. The number of hydrogen-bond donors (Lipinski definition) is 0. The third-order valence-corrected chi connectivity index (χ3v) is 14.5. The molecular formula is C72H67ClN2. The van der Waals surface area contributed by atoms with Crippen molar-refractivity contribution in [2.45, 2.75) is 78.6 Å². The van der Waals surface area contributed by atoms with Crippen molar-refractivity contribution in [1.82, 2.24) is 0 Å². The van der Waals surface area contributed by atoms with Gasteiger partial charge in [-0.25, -0.2) is 0 Å². The molecule has 0 aliphatic rings. The van der Waals surface area contributed by atoms with Crippen LogP contribution in [0.15, 0.2) is 243 Å². The predicted octanol–water partition coefficient (Wildman–Crippen LogP) is 21.5. The first-order valence-electron chi connectivity index (χ1n) is 26.3. The number of halogens is 1. The minimum Gasteiger partial charge on any atom is -0.309 e. The van der Waals surface area contributed by atoms with Crippen molar-refractivity contribution < 1.29 is 0 Å². The molecule has 75 heavy (non-hydrogen) atoms. The van der Waals surface area contributed by atoms with Gasteiger partial charge < -0.3 is 9.80 Å². The van der Waals surface area contributed by atoms with Gasteiger partial charge in [0.05, 0.1) is 11.4 Å². The molecule has 10 aromatic carbocycles. The Bertz CT molecular complexity index is 3450. The van der Waals surface area contributed by atoms with Crippen LogP contribution in [-0.4, -0.2) is 0 Å². The van der Waals surface area contributed by atoms with Crippen LogP contribution >= 0.6 is 11.6 Å². The normalized spacial score (nSPS) is 11.9. The fraction of sp³-hybridized carbons (Fsp3) is 0.167. The van der Waals surface area contributed by atoms with E-state index in [0.717, 1.165) is 84.2 Å². The van der Waals surface area contributed by atoms with Crippen LogP contribution in [0.25, 0.3) is 55.6 Å².